The van der Waals surface area contributed by atoms with Crippen molar-refractivity contribution < 1.29 is 20.4 Å². The molecule has 0 radical (unpaired) electrons. The van der Waals surface area contributed by atoms with Crippen LogP contribution in [0.5, 0.6) is 23.0 Å². The SMILES string of the molecule is NC(CCCCCCC(N)C1Cc2cc(O)c(O)cc21)C1Cc2cc(O)c(O)cc21. The minimum Gasteiger partial charge on any atom is -0.504 e. The van der Waals surface area contributed by atoms with Crippen molar-refractivity contribution in [2.75, 3.05) is 0 Å². The van der Waals surface area contributed by atoms with Gasteiger partial charge in [-0.3, -0.25) is 0 Å². The summed E-state index contributed by atoms with van der Waals surface area (Å²) in [5.41, 5.74) is 17.1. The number of rotatable bonds is 9. The molecule has 162 valence electrons. The highest BCUT2D eigenvalue weighted by Crippen LogP contribution is 2.44. The molecule has 0 aromatic heterocycles. The molecule has 6 nitrogen and oxygen atoms in total. The first kappa shape index (κ1) is 20.8. The fraction of sp³-hybridized carbons (Fsp3) is 0.500. The van der Waals surface area contributed by atoms with Gasteiger partial charge in [0.15, 0.2) is 23.0 Å². The van der Waals surface area contributed by atoms with Crippen LogP contribution in [0.1, 0.15) is 72.6 Å². The first-order valence-electron chi connectivity index (χ1n) is 11.0. The number of phenols is 4. The van der Waals surface area contributed by atoms with E-state index in [-0.39, 0.29) is 46.9 Å². The van der Waals surface area contributed by atoms with Crippen LogP contribution in [-0.4, -0.2) is 32.5 Å². The maximum Gasteiger partial charge on any atom is 0.157 e. The third kappa shape index (κ3) is 3.94. The average molecular weight is 413 g/mol. The fourth-order valence-corrected chi connectivity index (χ4v) is 5.03. The smallest absolute Gasteiger partial charge is 0.157 e. The Balaban J connectivity index is 1.13. The van der Waals surface area contributed by atoms with E-state index in [2.05, 4.69) is 0 Å². The van der Waals surface area contributed by atoms with E-state index in [0.29, 0.717) is 0 Å². The average Bonchev–Trinajstić information content (AvgIpc) is 2.69. The Kier molecular flexibility index (Phi) is 5.80. The number of fused-ring (bicyclic) bond motifs is 2. The zero-order valence-electron chi connectivity index (χ0n) is 17.2. The summed E-state index contributed by atoms with van der Waals surface area (Å²) in [7, 11) is 0. The predicted octanol–water partition coefficient (Wildman–Crippen LogP) is 3.48. The number of benzene rings is 2. The molecule has 6 heteroatoms. The standard InChI is InChI=1S/C24H32N2O4/c25-19(17-7-13-9-21(27)23(29)11-15(13)17)5-3-1-2-4-6-20(26)18-8-14-10-22(28)24(30)12-16(14)18/h9-12,17-20,27-30H,1-8,25-26H2. The van der Waals surface area contributed by atoms with Gasteiger partial charge in [-0.2, -0.15) is 0 Å². The number of unbranched alkanes of at least 4 members (excludes halogenated alkanes) is 3. The minimum absolute atomic E-state index is 0.0562. The van der Waals surface area contributed by atoms with E-state index in [9.17, 15) is 20.4 Å². The van der Waals surface area contributed by atoms with Crippen LogP contribution in [0.3, 0.4) is 0 Å². The normalized spacial score (nSPS) is 21.1. The van der Waals surface area contributed by atoms with Crippen LogP contribution >= 0.6 is 0 Å². The Morgan fingerprint density at radius 3 is 1.40 bits per heavy atom. The number of nitrogens with two attached hydrogens (primary N) is 2. The van der Waals surface area contributed by atoms with Gasteiger partial charge in [0.25, 0.3) is 0 Å². The van der Waals surface area contributed by atoms with Gasteiger partial charge >= 0.3 is 0 Å². The van der Waals surface area contributed by atoms with Gasteiger partial charge in [0, 0.05) is 23.9 Å². The van der Waals surface area contributed by atoms with E-state index in [1.54, 1.807) is 24.3 Å². The molecule has 8 N–H and O–H groups in total. The summed E-state index contributed by atoms with van der Waals surface area (Å²) >= 11 is 0. The quantitative estimate of drug-likeness (QED) is 0.276. The van der Waals surface area contributed by atoms with Crippen molar-refractivity contribution >= 4 is 0 Å². The summed E-state index contributed by atoms with van der Waals surface area (Å²) in [6, 6.07) is 6.75. The summed E-state index contributed by atoms with van der Waals surface area (Å²) in [4.78, 5) is 0. The maximum absolute atomic E-state index is 9.69. The van der Waals surface area contributed by atoms with E-state index in [1.807, 2.05) is 0 Å². The molecule has 2 aliphatic carbocycles. The molecule has 2 aromatic carbocycles. The van der Waals surface area contributed by atoms with Gasteiger partial charge in [-0.15, -0.1) is 0 Å². The molecule has 0 bridgehead atoms. The van der Waals surface area contributed by atoms with Gasteiger partial charge in [-0.25, -0.2) is 0 Å². The van der Waals surface area contributed by atoms with Gasteiger partial charge in [0.05, 0.1) is 0 Å². The van der Waals surface area contributed by atoms with Gasteiger partial charge in [-0.1, -0.05) is 25.7 Å². The van der Waals surface area contributed by atoms with Crippen molar-refractivity contribution in [2.45, 2.75) is 75.3 Å². The highest BCUT2D eigenvalue weighted by atomic mass is 16.3. The van der Waals surface area contributed by atoms with Gasteiger partial charge in [0.1, 0.15) is 0 Å². The fourth-order valence-electron chi connectivity index (χ4n) is 5.03. The van der Waals surface area contributed by atoms with Gasteiger partial charge in [0.2, 0.25) is 0 Å². The summed E-state index contributed by atoms with van der Waals surface area (Å²) in [6.45, 7) is 0. The molecule has 30 heavy (non-hydrogen) atoms. The van der Waals surface area contributed by atoms with Crippen LogP contribution in [0.25, 0.3) is 0 Å². The van der Waals surface area contributed by atoms with Crippen LogP contribution in [0.4, 0.5) is 0 Å². The van der Waals surface area contributed by atoms with E-state index in [4.69, 9.17) is 11.5 Å². The summed E-state index contributed by atoms with van der Waals surface area (Å²) in [5.74, 6) is 0.300. The molecule has 0 saturated carbocycles. The lowest BCUT2D eigenvalue weighted by Crippen LogP contribution is -2.35. The summed E-state index contributed by atoms with van der Waals surface area (Å²) < 4.78 is 0. The third-order valence-corrected chi connectivity index (χ3v) is 7.01. The number of hydrogen-bond acceptors (Lipinski definition) is 6. The first-order chi connectivity index (χ1) is 14.3. The molecule has 2 aliphatic rings. The second kappa shape index (κ2) is 8.36. The molecular formula is C24H32N2O4. The summed E-state index contributed by atoms with van der Waals surface area (Å²) in [5, 5.41) is 38.5. The molecule has 0 aliphatic heterocycles. The minimum atomic E-state index is -0.0666. The van der Waals surface area contributed by atoms with Crippen molar-refractivity contribution in [2.24, 2.45) is 11.5 Å². The number of phenolic OH excluding ortho intramolecular Hbond substituents is 4. The highest BCUT2D eigenvalue weighted by Gasteiger charge is 2.33. The molecule has 0 amide bonds. The number of hydrogen-bond donors (Lipinski definition) is 6. The molecule has 0 heterocycles. The topological polar surface area (TPSA) is 133 Å². The van der Waals surface area contributed by atoms with Crippen molar-refractivity contribution in [3.05, 3.63) is 46.5 Å². The Hall–Kier alpha value is -2.44. The lowest BCUT2D eigenvalue weighted by molar-refractivity contribution is 0.388. The second-order valence-corrected chi connectivity index (χ2v) is 9.02. The van der Waals surface area contributed by atoms with Crippen molar-refractivity contribution in [3.8, 4) is 23.0 Å². The van der Waals surface area contributed by atoms with Crippen LogP contribution < -0.4 is 11.5 Å². The van der Waals surface area contributed by atoms with Crippen molar-refractivity contribution in [1.29, 1.82) is 0 Å². The zero-order chi connectivity index (χ0) is 21.4. The zero-order valence-corrected chi connectivity index (χ0v) is 17.2. The van der Waals surface area contributed by atoms with Crippen molar-refractivity contribution in [1.82, 2.24) is 0 Å². The monoisotopic (exact) mass is 412 g/mol. The molecule has 0 spiro atoms. The lowest BCUT2D eigenvalue weighted by Gasteiger charge is -2.35. The Morgan fingerprint density at radius 1 is 0.633 bits per heavy atom. The van der Waals surface area contributed by atoms with Crippen LogP contribution in [0.2, 0.25) is 0 Å². The van der Waals surface area contributed by atoms with E-state index >= 15 is 0 Å². The van der Waals surface area contributed by atoms with Crippen LogP contribution in [0.15, 0.2) is 24.3 Å². The van der Waals surface area contributed by atoms with E-state index in [1.165, 1.54) is 0 Å². The van der Waals surface area contributed by atoms with Gasteiger partial charge < -0.3 is 31.9 Å². The predicted molar refractivity (Wildman–Crippen MR) is 116 cm³/mol. The Morgan fingerprint density at radius 2 is 1.00 bits per heavy atom. The van der Waals surface area contributed by atoms with Crippen molar-refractivity contribution in [3.63, 3.8) is 0 Å². The van der Waals surface area contributed by atoms with E-state index < -0.39 is 0 Å². The molecule has 4 unspecified atom stereocenters. The first-order valence-corrected chi connectivity index (χ1v) is 11.0. The molecule has 2 aromatic rings. The molecule has 4 atom stereocenters. The van der Waals surface area contributed by atoms with E-state index in [0.717, 1.165) is 73.6 Å². The Bertz CT molecular complexity index is 854. The molecule has 0 saturated heterocycles. The maximum atomic E-state index is 9.69. The third-order valence-electron chi connectivity index (χ3n) is 7.01. The molecule has 4 rings (SSSR count). The van der Waals surface area contributed by atoms with Gasteiger partial charge in [-0.05, 0) is 72.2 Å². The largest absolute Gasteiger partial charge is 0.504 e. The van der Waals surface area contributed by atoms with Crippen LogP contribution in [-0.2, 0) is 12.8 Å². The lowest BCUT2D eigenvalue weighted by atomic mass is 9.72. The van der Waals surface area contributed by atoms with Crippen LogP contribution in [0, 0.1) is 0 Å². The Labute approximate surface area is 177 Å². The second-order valence-electron chi connectivity index (χ2n) is 9.02. The summed E-state index contributed by atoms with van der Waals surface area (Å²) in [6.07, 6.45) is 8.04. The highest BCUT2D eigenvalue weighted by molar-refractivity contribution is 5.53. The molecular weight excluding hydrogens is 380 g/mol. The number of aromatic hydroxyl groups is 4. The molecule has 0 fully saturated rings.